The zero-order valence-corrected chi connectivity index (χ0v) is 19.6. The summed E-state index contributed by atoms with van der Waals surface area (Å²) in [5, 5.41) is 15.0. The van der Waals surface area contributed by atoms with Crippen LogP contribution in [0.15, 0.2) is 84.0 Å². The third-order valence-corrected chi connectivity index (χ3v) is 4.44. The summed E-state index contributed by atoms with van der Waals surface area (Å²) in [6.07, 6.45) is 1.95. The molecule has 8 heteroatoms. The molecule has 0 saturated heterocycles. The van der Waals surface area contributed by atoms with Gasteiger partial charge in [-0.3, -0.25) is 4.40 Å². The van der Waals surface area contributed by atoms with Gasteiger partial charge in [0.25, 0.3) is 0 Å². The number of hydrogen-bond acceptors (Lipinski definition) is 4. The monoisotopic (exact) mass is 528 g/mol. The first-order valence-electron chi connectivity index (χ1n) is 9.94. The largest absolute Gasteiger partial charge is 0.457 e. The molecule has 0 atom stereocenters. The normalized spacial score (nSPS) is 11.1. The summed E-state index contributed by atoms with van der Waals surface area (Å²) in [7, 11) is 0. The third kappa shape index (κ3) is 6.17. The summed E-state index contributed by atoms with van der Waals surface area (Å²) in [6.45, 7) is 3.86. The number of nitrogens with zero attached hydrogens (tertiary/aromatic N) is 4. The second-order valence-corrected chi connectivity index (χ2v) is 6.66. The van der Waals surface area contributed by atoms with Crippen LogP contribution in [0.4, 0.5) is 0 Å². The lowest BCUT2D eigenvalue weighted by molar-refractivity contribution is 0.482. The fraction of sp³-hybridized carbons (Fsp3) is 0.174. The quantitative estimate of drug-likeness (QED) is 0.212. The average Bonchev–Trinajstić information content (AvgIpc) is 3.20. The number of halogens is 1. The van der Waals surface area contributed by atoms with Crippen molar-refractivity contribution in [3.63, 3.8) is 0 Å². The predicted octanol–water partition coefficient (Wildman–Crippen LogP) is 4.39. The molecule has 0 aliphatic rings. The second kappa shape index (κ2) is 11.3. The van der Waals surface area contributed by atoms with Crippen LogP contribution in [0.2, 0.25) is 0 Å². The molecule has 0 aliphatic heterocycles. The van der Waals surface area contributed by atoms with Crippen LogP contribution in [-0.2, 0) is 13.1 Å². The van der Waals surface area contributed by atoms with Gasteiger partial charge in [-0.25, -0.2) is 4.99 Å². The highest BCUT2D eigenvalue weighted by Crippen LogP contribution is 2.22. The number of benzene rings is 2. The van der Waals surface area contributed by atoms with Gasteiger partial charge in [0, 0.05) is 12.7 Å². The fourth-order valence-electron chi connectivity index (χ4n) is 3.02. The third-order valence-electron chi connectivity index (χ3n) is 4.44. The van der Waals surface area contributed by atoms with E-state index in [0.29, 0.717) is 13.1 Å². The summed E-state index contributed by atoms with van der Waals surface area (Å²) in [5.74, 6) is 3.16. The zero-order valence-electron chi connectivity index (χ0n) is 17.2. The van der Waals surface area contributed by atoms with Crippen LogP contribution in [0.5, 0.6) is 11.5 Å². The van der Waals surface area contributed by atoms with Crippen molar-refractivity contribution in [2.75, 3.05) is 6.54 Å². The second-order valence-electron chi connectivity index (χ2n) is 6.66. The van der Waals surface area contributed by atoms with E-state index < -0.39 is 0 Å². The Kier molecular flexibility index (Phi) is 8.22. The number of guanidine groups is 1. The molecule has 0 fully saturated rings. The zero-order chi connectivity index (χ0) is 20.6. The Morgan fingerprint density at radius 2 is 1.74 bits per heavy atom. The maximum atomic E-state index is 5.91. The summed E-state index contributed by atoms with van der Waals surface area (Å²) in [6, 6.07) is 23.6. The Morgan fingerprint density at radius 3 is 2.58 bits per heavy atom. The minimum absolute atomic E-state index is 0. The van der Waals surface area contributed by atoms with Gasteiger partial charge in [0.15, 0.2) is 17.4 Å². The Balaban J connectivity index is 0.00000272. The SMILES string of the molecule is CCNC(=NCc1cccc(Oc2ccccc2)c1)NCc1nnc2ccccn12.I. The first-order valence-corrected chi connectivity index (χ1v) is 9.94. The number of aromatic nitrogens is 3. The topological polar surface area (TPSA) is 75.8 Å². The van der Waals surface area contributed by atoms with Crippen molar-refractivity contribution in [2.45, 2.75) is 20.0 Å². The van der Waals surface area contributed by atoms with Gasteiger partial charge in [-0.15, -0.1) is 34.2 Å². The van der Waals surface area contributed by atoms with Gasteiger partial charge in [0.2, 0.25) is 0 Å². The lowest BCUT2D eigenvalue weighted by Crippen LogP contribution is -2.37. The molecule has 0 spiro atoms. The van der Waals surface area contributed by atoms with E-state index in [1.807, 2.05) is 90.3 Å². The molecule has 2 N–H and O–H groups in total. The predicted molar refractivity (Wildman–Crippen MR) is 133 cm³/mol. The van der Waals surface area contributed by atoms with Crippen LogP contribution >= 0.6 is 24.0 Å². The van der Waals surface area contributed by atoms with Crippen molar-refractivity contribution in [3.8, 4) is 11.5 Å². The van der Waals surface area contributed by atoms with E-state index in [9.17, 15) is 0 Å². The van der Waals surface area contributed by atoms with Gasteiger partial charge < -0.3 is 15.4 Å². The molecule has 2 heterocycles. The minimum Gasteiger partial charge on any atom is -0.457 e. The van der Waals surface area contributed by atoms with E-state index >= 15 is 0 Å². The first kappa shape index (κ1) is 22.5. The van der Waals surface area contributed by atoms with Gasteiger partial charge in [-0.1, -0.05) is 36.4 Å². The molecule has 4 rings (SSSR count). The summed E-state index contributed by atoms with van der Waals surface area (Å²) in [5.41, 5.74) is 1.89. The van der Waals surface area contributed by atoms with Crippen LogP contribution in [-0.4, -0.2) is 27.1 Å². The smallest absolute Gasteiger partial charge is 0.191 e. The summed E-state index contributed by atoms with van der Waals surface area (Å²) in [4.78, 5) is 4.69. The lowest BCUT2D eigenvalue weighted by Gasteiger charge is -2.11. The molecular weight excluding hydrogens is 503 g/mol. The van der Waals surface area contributed by atoms with E-state index in [2.05, 4.69) is 20.8 Å². The van der Waals surface area contributed by atoms with Crippen LogP contribution < -0.4 is 15.4 Å². The number of nitrogens with one attached hydrogen (secondary N) is 2. The number of fused-ring (bicyclic) bond motifs is 1. The van der Waals surface area contributed by atoms with Gasteiger partial charge >= 0.3 is 0 Å². The highest BCUT2D eigenvalue weighted by Gasteiger charge is 2.06. The number of aliphatic imine (C=N–C) groups is 1. The Morgan fingerprint density at radius 1 is 0.935 bits per heavy atom. The highest BCUT2D eigenvalue weighted by molar-refractivity contribution is 14.0. The molecule has 0 radical (unpaired) electrons. The van der Waals surface area contributed by atoms with E-state index in [4.69, 9.17) is 9.73 Å². The molecule has 2 aromatic heterocycles. The summed E-state index contributed by atoms with van der Waals surface area (Å²) < 4.78 is 7.87. The average molecular weight is 528 g/mol. The Hall–Kier alpha value is -3.14. The van der Waals surface area contributed by atoms with Gasteiger partial charge in [0.05, 0.1) is 13.1 Å². The Bertz CT molecular complexity index is 1130. The van der Waals surface area contributed by atoms with Crippen molar-refractivity contribution >= 4 is 35.6 Å². The standard InChI is InChI=1S/C23H24N6O.HI/c1-2-24-23(26-17-22-28-27-21-13-6-7-14-29(21)22)25-16-18-9-8-12-20(15-18)30-19-10-4-3-5-11-19;/h3-15H,2,16-17H2,1H3,(H2,24,25,26);1H. The molecule has 31 heavy (non-hydrogen) atoms. The van der Waals surface area contributed by atoms with Gasteiger partial charge in [-0.2, -0.15) is 0 Å². The lowest BCUT2D eigenvalue weighted by atomic mass is 10.2. The number of rotatable bonds is 7. The van der Waals surface area contributed by atoms with Gasteiger partial charge in [0.1, 0.15) is 11.5 Å². The number of pyridine rings is 1. The van der Waals surface area contributed by atoms with Crippen LogP contribution in [0.25, 0.3) is 5.65 Å². The van der Waals surface area contributed by atoms with E-state index in [-0.39, 0.29) is 24.0 Å². The molecular formula is C23H25IN6O. The Labute approximate surface area is 198 Å². The number of ether oxygens (including phenoxy) is 1. The van der Waals surface area contributed by atoms with E-state index in [1.54, 1.807) is 0 Å². The molecule has 7 nitrogen and oxygen atoms in total. The van der Waals surface area contributed by atoms with E-state index in [1.165, 1.54) is 0 Å². The van der Waals surface area contributed by atoms with Crippen molar-refractivity contribution in [1.82, 2.24) is 25.2 Å². The molecule has 0 aliphatic carbocycles. The van der Waals surface area contributed by atoms with Crippen molar-refractivity contribution < 1.29 is 4.74 Å². The first-order chi connectivity index (χ1) is 14.8. The van der Waals surface area contributed by atoms with Crippen LogP contribution in [0.3, 0.4) is 0 Å². The number of para-hydroxylation sites is 1. The van der Waals surface area contributed by atoms with Crippen LogP contribution in [0.1, 0.15) is 18.3 Å². The molecule has 0 bridgehead atoms. The van der Waals surface area contributed by atoms with Crippen LogP contribution in [0, 0.1) is 0 Å². The van der Waals surface area contributed by atoms with Crippen molar-refractivity contribution in [2.24, 2.45) is 4.99 Å². The maximum Gasteiger partial charge on any atom is 0.191 e. The molecule has 160 valence electrons. The number of hydrogen-bond donors (Lipinski definition) is 2. The molecule has 0 saturated carbocycles. The fourth-order valence-corrected chi connectivity index (χ4v) is 3.02. The summed E-state index contributed by atoms with van der Waals surface area (Å²) >= 11 is 0. The minimum atomic E-state index is 0. The van der Waals surface area contributed by atoms with Crippen molar-refractivity contribution in [1.29, 1.82) is 0 Å². The highest BCUT2D eigenvalue weighted by atomic mass is 127. The maximum absolute atomic E-state index is 5.91. The molecule has 0 unspecified atom stereocenters. The van der Waals surface area contributed by atoms with Gasteiger partial charge in [-0.05, 0) is 48.9 Å². The molecule has 2 aromatic carbocycles. The van der Waals surface area contributed by atoms with Crippen molar-refractivity contribution in [3.05, 3.63) is 90.4 Å². The molecule has 0 amide bonds. The molecule has 4 aromatic rings. The van der Waals surface area contributed by atoms with E-state index in [0.717, 1.165) is 41.0 Å².